The van der Waals surface area contributed by atoms with Crippen molar-refractivity contribution in [1.82, 2.24) is 15.3 Å². The van der Waals surface area contributed by atoms with Gasteiger partial charge < -0.3 is 15.3 Å². The summed E-state index contributed by atoms with van der Waals surface area (Å²) in [4.78, 5) is 29.4. The van der Waals surface area contributed by atoms with Gasteiger partial charge in [0.15, 0.2) is 0 Å². The number of anilines is 1. The first-order chi connectivity index (χ1) is 15.8. The molecule has 0 aliphatic heterocycles. The second-order valence-corrected chi connectivity index (χ2v) is 9.52. The van der Waals surface area contributed by atoms with Crippen LogP contribution in [0.15, 0.2) is 82.5 Å². The number of sulfonamides is 1. The van der Waals surface area contributed by atoms with Crippen LogP contribution in [0.25, 0.3) is 11.0 Å². The number of nitrogens with one attached hydrogen (secondary N) is 4. The molecular weight excluding hydrogens is 440 g/mol. The number of aryl methyl sites for hydroxylation is 1. The van der Waals surface area contributed by atoms with Crippen LogP contribution in [-0.2, 0) is 16.4 Å². The van der Waals surface area contributed by atoms with Crippen LogP contribution in [0.4, 0.5) is 5.69 Å². The number of fused-ring (bicyclic) bond motifs is 1. The van der Waals surface area contributed by atoms with Crippen LogP contribution < -0.4 is 15.7 Å². The van der Waals surface area contributed by atoms with Gasteiger partial charge >= 0.3 is 5.69 Å². The third kappa shape index (κ3) is 5.32. The maximum absolute atomic E-state index is 13.0. The number of hydrogen-bond acceptors (Lipinski definition) is 4. The SMILES string of the molecule is CC(CCc1ccccc1)NC(=O)c1ccccc1NS(=O)(=O)c1ccc2[nH]c(=O)[nH]c2c1. The Bertz CT molecular complexity index is 1440. The van der Waals surface area contributed by atoms with E-state index in [1.165, 1.54) is 29.8 Å². The third-order valence-electron chi connectivity index (χ3n) is 5.30. The summed E-state index contributed by atoms with van der Waals surface area (Å²) in [6, 6.07) is 20.6. The Labute approximate surface area is 191 Å². The van der Waals surface area contributed by atoms with E-state index in [4.69, 9.17) is 0 Å². The summed E-state index contributed by atoms with van der Waals surface area (Å²) in [6.07, 6.45) is 1.57. The fourth-order valence-electron chi connectivity index (χ4n) is 3.55. The van der Waals surface area contributed by atoms with Crippen molar-refractivity contribution in [1.29, 1.82) is 0 Å². The quantitative estimate of drug-likeness (QED) is 0.319. The third-order valence-corrected chi connectivity index (χ3v) is 6.66. The summed E-state index contributed by atoms with van der Waals surface area (Å²) in [7, 11) is -3.99. The zero-order valence-electron chi connectivity index (χ0n) is 18.0. The molecule has 0 bridgehead atoms. The van der Waals surface area contributed by atoms with Crippen LogP contribution in [0.1, 0.15) is 29.3 Å². The number of hydrogen-bond donors (Lipinski definition) is 4. The van der Waals surface area contributed by atoms with Crippen molar-refractivity contribution in [2.24, 2.45) is 0 Å². The van der Waals surface area contributed by atoms with E-state index >= 15 is 0 Å². The highest BCUT2D eigenvalue weighted by atomic mass is 32.2. The van der Waals surface area contributed by atoms with E-state index in [0.717, 1.165) is 12.8 Å². The largest absolute Gasteiger partial charge is 0.350 e. The predicted octanol–water partition coefficient (Wildman–Crippen LogP) is 3.41. The second-order valence-electron chi connectivity index (χ2n) is 7.84. The van der Waals surface area contributed by atoms with E-state index in [-0.39, 0.29) is 28.1 Å². The molecule has 1 heterocycles. The molecule has 1 atom stereocenters. The predicted molar refractivity (Wildman–Crippen MR) is 128 cm³/mol. The highest BCUT2D eigenvalue weighted by Gasteiger charge is 2.20. The first kappa shape index (κ1) is 22.3. The van der Waals surface area contributed by atoms with Gasteiger partial charge in [-0.05, 0) is 55.7 Å². The van der Waals surface area contributed by atoms with Crippen molar-refractivity contribution in [3.05, 3.63) is 94.4 Å². The first-order valence-corrected chi connectivity index (χ1v) is 12.0. The monoisotopic (exact) mass is 464 g/mol. The Balaban J connectivity index is 1.49. The summed E-state index contributed by atoms with van der Waals surface area (Å²) in [5.74, 6) is -0.362. The number of benzene rings is 3. The van der Waals surface area contributed by atoms with E-state index in [9.17, 15) is 18.0 Å². The van der Waals surface area contributed by atoms with Crippen molar-refractivity contribution in [3.8, 4) is 0 Å². The summed E-state index contributed by atoms with van der Waals surface area (Å²) >= 11 is 0. The molecule has 3 aromatic carbocycles. The summed E-state index contributed by atoms with van der Waals surface area (Å²) in [5.41, 5.74) is 2.05. The fraction of sp³-hybridized carbons (Fsp3) is 0.167. The van der Waals surface area contributed by atoms with Crippen molar-refractivity contribution in [2.75, 3.05) is 4.72 Å². The van der Waals surface area contributed by atoms with Crippen LogP contribution in [-0.4, -0.2) is 30.3 Å². The van der Waals surface area contributed by atoms with E-state index < -0.39 is 15.7 Å². The lowest BCUT2D eigenvalue weighted by molar-refractivity contribution is 0.0939. The lowest BCUT2D eigenvalue weighted by atomic mass is 10.1. The van der Waals surface area contributed by atoms with Crippen LogP contribution in [0.2, 0.25) is 0 Å². The zero-order chi connectivity index (χ0) is 23.4. The Morgan fingerprint density at radius 2 is 1.64 bits per heavy atom. The fourth-order valence-corrected chi connectivity index (χ4v) is 4.66. The average molecular weight is 465 g/mol. The van der Waals surface area contributed by atoms with E-state index in [2.05, 4.69) is 20.0 Å². The van der Waals surface area contributed by atoms with Crippen LogP contribution in [0.5, 0.6) is 0 Å². The second kappa shape index (κ2) is 9.33. The van der Waals surface area contributed by atoms with Gasteiger partial charge in [0.05, 0.1) is 27.2 Å². The molecule has 0 fully saturated rings. The Hall–Kier alpha value is -3.85. The van der Waals surface area contributed by atoms with E-state index in [1.54, 1.807) is 18.2 Å². The normalized spacial score (nSPS) is 12.4. The number of aromatic amines is 2. The molecule has 1 amide bonds. The highest BCUT2D eigenvalue weighted by Crippen LogP contribution is 2.22. The lowest BCUT2D eigenvalue weighted by Gasteiger charge is -2.16. The molecule has 1 unspecified atom stereocenters. The minimum Gasteiger partial charge on any atom is -0.350 e. The number of carbonyl (C=O) groups excluding carboxylic acids is 1. The maximum Gasteiger partial charge on any atom is 0.323 e. The van der Waals surface area contributed by atoms with Gasteiger partial charge in [-0.2, -0.15) is 0 Å². The van der Waals surface area contributed by atoms with Crippen molar-refractivity contribution < 1.29 is 13.2 Å². The molecule has 4 N–H and O–H groups in total. The molecule has 0 aliphatic rings. The van der Waals surface area contributed by atoms with Gasteiger partial charge in [-0.1, -0.05) is 42.5 Å². The molecule has 4 rings (SSSR count). The molecule has 0 aliphatic carbocycles. The first-order valence-electron chi connectivity index (χ1n) is 10.5. The molecule has 4 aromatic rings. The van der Waals surface area contributed by atoms with Gasteiger partial charge in [0.2, 0.25) is 0 Å². The van der Waals surface area contributed by atoms with Gasteiger partial charge in [0, 0.05) is 6.04 Å². The number of aromatic nitrogens is 2. The lowest BCUT2D eigenvalue weighted by Crippen LogP contribution is -2.33. The average Bonchev–Trinajstić information content (AvgIpc) is 3.17. The van der Waals surface area contributed by atoms with Crippen molar-refractivity contribution in [3.63, 3.8) is 0 Å². The number of imidazole rings is 1. The standard InChI is InChI=1S/C24H24N4O4S/c1-16(11-12-17-7-3-2-4-8-17)25-23(29)19-9-5-6-10-20(19)28-33(31,32)18-13-14-21-22(15-18)27-24(30)26-21/h2-10,13-16,28H,11-12H2,1H3,(H,25,29)(H2,26,27,30). The van der Waals surface area contributed by atoms with Crippen LogP contribution >= 0.6 is 0 Å². The smallest absolute Gasteiger partial charge is 0.323 e. The number of H-pyrrole nitrogens is 2. The molecule has 0 saturated carbocycles. The Kier molecular flexibility index (Phi) is 6.32. The molecule has 0 spiro atoms. The number of para-hydroxylation sites is 1. The molecule has 8 nitrogen and oxygen atoms in total. The van der Waals surface area contributed by atoms with Gasteiger partial charge in [-0.25, -0.2) is 13.2 Å². The number of amides is 1. The topological polar surface area (TPSA) is 124 Å². The summed E-state index contributed by atoms with van der Waals surface area (Å²) < 4.78 is 28.4. The molecular formula is C24H24N4O4S. The number of carbonyl (C=O) groups is 1. The molecule has 170 valence electrons. The van der Waals surface area contributed by atoms with Crippen molar-refractivity contribution >= 4 is 32.7 Å². The van der Waals surface area contributed by atoms with E-state index in [0.29, 0.717) is 11.0 Å². The van der Waals surface area contributed by atoms with Gasteiger partial charge in [-0.3, -0.25) is 9.52 Å². The number of rotatable bonds is 8. The van der Waals surface area contributed by atoms with Gasteiger partial charge in [0.25, 0.3) is 15.9 Å². The molecule has 1 aromatic heterocycles. The summed E-state index contributed by atoms with van der Waals surface area (Å²) in [6.45, 7) is 1.92. The van der Waals surface area contributed by atoms with Crippen LogP contribution in [0.3, 0.4) is 0 Å². The summed E-state index contributed by atoms with van der Waals surface area (Å²) in [5, 5.41) is 2.94. The van der Waals surface area contributed by atoms with Gasteiger partial charge in [0.1, 0.15) is 0 Å². The van der Waals surface area contributed by atoms with Gasteiger partial charge in [-0.15, -0.1) is 0 Å². The van der Waals surface area contributed by atoms with E-state index in [1.807, 2.05) is 37.3 Å². The minimum absolute atomic E-state index is 0.0308. The molecule has 9 heteroatoms. The Morgan fingerprint density at radius 3 is 2.42 bits per heavy atom. The molecule has 33 heavy (non-hydrogen) atoms. The zero-order valence-corrected chi connectivity index (χ0v) is 18.8. The minimum atomic E-state index is -3.99. The molecule has 0 radical (unpaired) electrons. The molecule has 0 saturated heterocycles. The van der Waals surface area contributed by atoms with Crippen molar-refractivity contribution in [2.45, 2.75) is 30.7 Å². The maximum atomic E-state index is 13.0. The van der Waals surface area contributed by atoms with Crippen LogP contribution in [0, 0.1) is 0 Å². The Morgan fingerprint density at radius 1 is 0.939 bits per heavy atom. The highest BCUT2D eigenvalue weighted by molar-refractivity contribution is 7.92.